The van der Waals surface area contributed by atoms with E-state index in [4.69, 9.17) is 4.74 Å². The van der Waals surface area contributed by atoms with Crippen LogP contribution in [0.4, 0.5) is 8.78 Å². The smallest absolute Gasteiger partial charge is 0.201 e. The molecule has 1 nitrogen and oxygen atoms in total. The van der Waals surface area contributed by atoms with Crippen molar-refractivity contribution in [1.82, 2.24) is 0 Å². The number of ether oxygens (including phenoxy) is 1. The van der Waals surface area contributed by atoms with Crippen LogP contribution in [0.3, 0.4) is 0 Å². The van der Waals surface area contributed by atoms with Crippen LogP contribution in [0.2, 0.25) is 0 Å². The molecule has 0 heterocycles. The first-order valence-corrected chi connectivity index (χ1v) is 9.98. The van der Waals surface area contributed by atoms with Crippen molar-refractivity contribution in [2.45, 2.75) is 64.2 Å². The molecule has 0 aliphatic heterocycles. The highest BCUT2D eigenvalue weighted by Crippen LogP contribution is 2.42. The van der Waals surface area contributed by atoms with Gasteiger partial charge in [0, 0.05) is 0 Å². The van der Waals surface area contributed by atoms with Crippen molar-refractivity contribution in [3.63, 3.8) is 0 Å². The lowest BCUT2D eigenvalue weighted by atomic mass is 9.76. The first-order valence-electron chi connectivity index (χ1n) is 9.98. The number of hydrogen-bond acceptors (Lipinski definition) is 1. The third-order valence-electron chi connectivity index (χ3n) is 5.56. The molecule has 0 bridgehead atoms. The van der Waals surface area contributed by atoms with E-state index in [1.165, 1.54) is 23.5 Å². The second-order valence-electron chi connectivity index (χ2n) is 7.41. The molecule has 0 aromatic heterocycles. The monoisotopic (exact) mass is 370 g/mol. The molecule has 2 aromatic rings. The molecule has 0 spiro atoms. The van der Waals surface area contributed by atoms with Gasteiger partial charge in [0.15, 0.2) is 11.6 Å². The van der Waals surface area contributed by atoms with Crippen LogP contribution in [-0.2, 0) is 6.42 Å². The maximum absolute atomic E-state index is 14.5. The van der Waals surface area contributed by atoms with Crippen molar-refractivity contribution in [3.8, 4) is 5.75 Å². The maximum atomic E-state index is 14.5. The molecule has 0 N–H and O–H groups in total. The molecule has 2 aromatic carbocycles. The van der Waals surface area contributed by atoms with Crippen molar-refractivity contribution in [1.29, 1.82) is 0 Å². The molecular weight excluding hydrogens is 342 g/mol. The molecule has 1 aliphatic carbocycles. The Labute approximate surface area is 161 Å². The Balaban J connectivity index is 1.66. The van der Waals surface area contributed by atoms with Gasteiger partial charge in [-0.1, -0.05) is 49.8 Å². The van der Waals surface area contributed by atoms with Crippen molar-refractivity contribution in [2.24, 2.45) is 0 Å². The molecule has 0 unspecified atom stereocenters. The zero-order chi connectivity index (χ0) is 19.2. The van der Waals surface area contributed by atoms with Crippen molar-refractivity contribution in [2.75, 3.05) is 0 Å². The predicted molar refractivity (Wildman–Crippen MR) is 106 cm³/mol. The van der Waals surface area contributed by atoms with Gasteiger partial charge in [-0.25, -0.2) is 4.39 Å². The van der Waals surface area contributed by atoms with E-state index in [0.717, 1.165) is 38.5 Å². The standard InChI is InChI=1S/C24H28F2O/c1-3-5-17-6-8-18(9-7-17)19-10-12-20(13-11-19)21-14-15-22(27-16-4-2)24(26)23(21)25/h4,6-9,14-16,19-20H,3,5,10-13H2,1-2H3/b16-4+. The summed E-state index contributed by atoms with van der Waals surface area (Å²) in [5.74, 6) is -1.12. The van der Waals surface area contributed by atoms with Gasteiger partial charge < -0.3 is 4.74 Å². The van der Waals surface area contributed by atoms with E-state index in [1.807, 2.05) is 0 Å². The molecule has 0 radical (unpaired) electrons. The Morgan fingerprint density at radius 2 is 1.59 bits per heavy atom. The van der Waals surface area contributed by atoms with Crippen LogP contribution in [0.1, 0.15) is 74.5 Å². The topological polar surface area (TPSA) is 9.23 Å². The molecule has 0 atom stereocenters. The Morgan fingerprint density at radius 1 is 0.926 bits per heavy atom. The number of hydrogen-bond donors (Lipinski definition) is 0. The first-order chi connectivity index (χ1) is 13.1. The first kappa shape index (κ1) is 19.6. The van der Waals surface area contributed by atoms with Crippen LogP contribution < -0.4 is 4.74 Å². The minimum absolute atomic E-state index is 0.0600. The maximum Gasteiger partial charge on any atom is 0.201 e. The summed E-state index contributed by atoms with van der Waals surface area (Å²) in [4.78, 5) is 0. The average molecular weight is 370 g/mol. The summed E-state index contributed by atoms with van der Waals surface area (Å²) < 4.78 is 33.9. The lowest BCUT2D eigenvalue weighted by molar-refractivity contribution is 0.372. The van der Waals surface area contributed by atoms with Crippen molar-refractivity contribution < 1.29 is 13.5 Å². The zero-order valence-corrected chi connectivity index (χ0v) is 16.2. The fraction of sp³-hybridized carbons (Fsp3) is 0.417. The SMILES string of the molecule is C/C=C/Oc1ccc(C2CCC(c3ccc(CCC)cc3)CC2)c(F)c1F. The minimum atomic E-state index is -0.890. The van der Waals surface area contributed by atoms with E-state index in [2.05, 4.69) is 31.2 Å². The summed E-state index contributed by atoms with van der Waals surface area (Å²) >= 11 is 0. The van der Waals surface area contributed by atoms with Crippen LogP contribution in [0, 0.1) is 11.6 Å². The number of allylic oxidation sites excluding steroid dienone is 1. The summed E-state index contributed by atoms with van der Waals surface area (Å²) in [7, 11) is 0. The predicted octanol–water partition coefficient (Wildman–Crippen LogP) is 7.27. The van der Waals surface area contributed by atoms with Gasteiger partial charge in [-0.2, -0.15) is 4.39 Å². The van der Waals surface area contributed by atoms with Gasteiger partial charge in [-0.3, -0.25) is 0 Å². The van der Waals surface area contributed by atoms with E-state index in [0.29, 0.717) is 11.5 Å². The van der Waals surface area contributed by atoms with E-state index < -0.39 is 11.6 Å². The van der Waals surface area contributed by atoms with E-state index in [1.54, 1.807) is 19.1 Å². The summed E-state index contributed by atoms with van der Waals surface area (Å²) in [6.45, 7) is 3.95. The van der Waals surface area contributed by atoms with Crippen molar-refractivity contribution >= 4 is 0 Å². The molecule has 1 fully saturated rings. The lowest BCUT2D eigenvalue weighted by Crippen LogP contribution is -2.14. The average Bonchev–Trinajstić information content (AvgIpc) is 2.70. The fourth-order valence-corrected chi connectivity index (χ4v) is 4.08. The van der Waals surface area contributed by atoms with Crippen LogP contribution in [0.25, 0.3) is 0 Å². The molecular formula is C24H28F2O. The zero-order valence-electron chi connectivity index (χ0n) is 16.2. The number of rotatable bonds is 6. The summed E-state index contributed by atoms with van der Waals surface area (Å²) in [5, 5.41) is 0. The fourth-order valence-electron chi connectivity index (χ4n) is 4.08. The van der Waals surface area contributed by atoms with Gasteiger partial charge in [0.1, 0.15) is 0 Å². The molecule has 3 heteroatoms. The van der Waals surface area contributed by atoms with Gasteiger partial charge in [0.05, 0.1) is 6.26 Å². The third kappa shape index (κ3) is 4.58. The summed E-state index contributed by atoms with van der Waals surface area (Å²) in [6.07, 6.45) is 9.05. The summed E-state index contributed by atoms with van der Waals surface area (Å²) in [5.41, 5.74) is 3.24. The van der Waals surface area contributed by atoms with Crippen LogP contribution >= 0.6 is 0 Å². The second kappa shape index (κ2) is 9.16. The highest BCUT2D eigenvalue weighted by molar-refractivity contribution is 5.34. The Kier molecular flexibility index (Phi) is 6.65. The molecule has 144 valence electrons. The van der Waals surface area contributed by atoms with E-state index >= 15 is 0 Å². The Bertz CT molecular complexity index is 772. The summed E-state index contributed by atoms with van der Waals surface area (Å²) in [6, 6.07) is 12.1. The van der Waals surface area contributed by atoms with Crippen LogP contribution in [0.5, 0.6) is 5.75 Å². The second-order valence-corrected chi connectivity index (χ2v) is 7.41. The van der Waals surface area contributed by atoms with Gasteiger partial charge in [-0.05, 0) is 73.6 Å². The van der Waals surface area contributed by atoms with E-state index in [-0.39, 0.29) is 11.7 Å². The van der Waals surface area contributed by atoms with Gasteiger partial charge in [-0.15, -0.1) is 0 Å². The molecule has 0 saturated heterocycles. The van der Waals surface area contributed by atoms with Crippen LogP contribution in [0.15, 0.2) is 48.7 Å². The third-order valence-corrected chi connectivity index (χ3v) is 5.56. The molecule has 3 rings (SSSR count). The van der Waals surface area contributed by atoms with Gasteiger partial charge in [0.2, 0.25) is 5.82 Å². The molecule has 27 heavy (non-hydrogen) atoms. The molecule has 0 amide bonds. The highest BCUT2D eigenvalue weighted by atomic mass is 19.2. The molecule has 1 aliphatic rings. The highest BCUT2D eigenvalue weighted by Gasteiger charge is 2.27. The van der Waals surface area contributed by atoms with E-state index in [9.17, 15) is 8.78 Å². The Hall–Kier alpha value is -2.16. The number of aryl methyl sites for hydroxylation is 1. The Morgan fingerprint density at radius 3 is 2.22 bits per heavy atom. The minimum Gasteiger partial charge on any atom is -0.462 e. The van der Waals surface area contributed by atoms with Gasteiger partial charge >= 0.3 is 0 Å². The largest absolute Gasteiger partial charge is 0.462 e. The quantitative estimate of drug-likeness (QED) is 0.486. The lowest BCUT2D eigenvalue weighted by Gasteiger charge is -2.29. The van der Waals surface area contributed by atoms with Crippen LogP contribution in [-0.4, -0.2) is 0 Å². The van der Waals surface area contributed by atoms with Gasteiger partial charge in [0.25, 0.3) is 0 Å². The molecule has 1 saturated carbocycles. The number of halogens is 2. The normalized spacial score (nSPS) is 20.1. The van der Waals surface area contributed by atoms with Crippen molar-refractivity contribution in [3.05, 3.63) is 77.1 Å². The number of benzene rings is 2.